The fraction of sp³-hybridized carbons (Fsp3) is 0.824. The van der Waals surface area contributed by atoms with Crippen LogP contribution in [0.5, 0.6) is 0 Å². The third-order valence-electron chi connectivity index (χ3n) is 4.66. The molecule has 0 aromatic carbocycles. The molecule has 1 saturated carbocycles. The lowest BCUT2D eigenvalue weighted by Gasteiger charge is -2.37. The molecule has 1 aromatic heterocycles. The van der Waals surface area contributed by atoms with Gasteiger partial charge < -0.3 is 10.2 Å². The van der Waals surface area contributed by atoms with Crippen molar-refractivity contribution in [3.63, 3.8) is 0 Å². The number of nitrogens with one attached hydrogen (secondary N) is 1. The first-order chi connectivity index (χ1) is 10.1. The Labute approximate surface area is 129 Å². The molecule has 4 heteroatoms. The Kier molecular flexibility index (Phi) is 6.24. The summed E-state index contributed by atoms with van der Waals surface area (Å²) in [6, 6.07) is 0.706. The van der Waals surface area contributed by atoms with Crippen molar-refractivity contribution >= 4 is 0 Å². The van der Waals surface area contributed by atoms with Crippen molar-refractivity contribution in [2.75, 3.05) is 20.1 Å². The SMILES string of the molecule is CCCNC1CCC(C)CC1CN(C)Cc1cnn(C)c1. The monoisotopic (exact) mass is 292 g/mol. The first-order valence-corrected chi connectivity index (χ1v) is 8.48. The van der Waals surface area contributed by atoms with E-state index in [0.717, 1.165) is 24.9 Å². The third kappa shape index (κ3) is 5.11. The normalized spacial score (nSPS) is 26.4. The fourth-order valence-corrected chi connectivity index (χ4v) is 3.63. The molecule has 2 rings (SSSR count). The molecule has 21 heavy (non-hydrogen) atoms. The van der Waals surface area contributed by atoms with E-state index in [1.807, 2.05) is 17.9 Å². The van der Waals surface area contributed by atoms with Gasteiger partial charge in [0.05, 0.1) is 6.20 Å². The summed E-state index contributed by atoms with van der Waals surface area (Å²) in [6.45, 7) is 7.99. The van der Waals surface area contributed by atoms with E-state index in [4.69, 9.17) is 0 Å². The smallest absolute Gasteiger partial charge is 0.0534 e. The van der Waals surface area contributed by atoms with E-state index in [0.29, 0.717) is 6.04 Å². The minimum absolute atomic E-state index is 0.706. The van der Waals surface area contributed by atoms with Gasteiger partial charge in [-0.05, 0) is 51.1 Å². The molecule has 0 radical (unpaired) electrons. The van der Waals surface area contributed by atoms with Gasteiger partial charge in [0.15, 0.2) is 0 Å². The molecule has 0 spiro atoms. The Hall–Kier alpha value is -0.870. The van der Waals surface area contributed by atoms with Crippen LogP contribution in [0.2, 0.25) is 0 Å². The molecule has 1 aliphatic carbocycles. The number of hydrogen-bond donors (Lipinski definition) is 1. The highest BCUT2D eigenvalue weighted by atomic mass is 15.2. The molecule has 1 aromatic rings. The maximum absolute atomic E-state index is 4.26. The van der Waals surface area contributed by atoms with Crippen LogP contribution in [0.3, 0.4) is 0 Å². The first kappa shape index (κ1) is 16.5. The maximum atomic E-state index is 4.26. The summed E-state index contributed by atoms with van der Waals surface area (Å²) >= 11 is 0. The van der Waals surface area contributed by atoms with Crippen LogP contribution >= 0.6 is 0 Å². The van der Waals surface area contributed by atoms with Gasteiger partial charge in [-0.1, -0.05) is 13.8 Å². The van der Waals surface area contributed by atoms with Gasteiger partial charge >= 0.3 is 0 Å². The van der Waals surface area contributed by atoms with Gasteiger partial charge in [-0.15, -0.1) is 0 Å². The predicted molar refractivity (Wildman–Crippen MR) is 88.1 cm³/mol. The van der Waals surface area contributed by atoms with Crippen molar-refractivity contribution in [3.05, 3.63) is 18.0 Å². The molecule has 1 heterocycles. The molecule has 1 fully saturated rings. The zero-order valence-electron chi connectivity index (χ0n) is 14.2. The molecule has 0 saturated heterocycles. The Bertz CT molecular complexity index is 413. The zero-order chi connectivity index (χ0) is 15.2. The molecular formula is C17H32N4. The topological polar surface area (TPSA) is 33.1 Å². The molecule has 0 bridgehead atoms. The fourth-order valence-electron chi connectivity index (χ4n) is 3.63. The third-order valence-corrected chi connectivity index (χ3v) is 4.66. The summed E-state index contributed by atoms with van der Waals surface area (Å²) < 4.78 is 1.89. The van der Waals surface area contributed by atoms with Crippen LogP contribution in [-0.4, -0.2) is 40.9 Å². The van der Waals surface area contributed by atoms with E-state index >= 15 is 0 Å². The Morgan fingerprint density at radius 1 is 1.43 bits per heavy atom. The second-order valence-electron chi connectivity index (χ2n) is 6.96. The number of aryl methyl sites for hydroxylation is 1. The molecule has 0 amide bonds. The molecule has 0 aliphatic heterocycles. The molecular weight excluding hydrogens is 260 g/mol. The minimum atomic E-state index is 0.706. The summed E-state index contributed by atoms with van der Waals surface area (Å²) in [5, 5.41) is 8.03. The van der Waals surface area contributed by atoms with E-state index < -0.39 is 0 Å². The van der Waals surface area contributed by atoms with Gasteiger partial charge in [0.2, 0.25) is 0 Å². The first-order valence-electron chi connectivity index (χ1n) is 8.48. The van der Waals surface area contributed by atoms with Crippen LogP contribution in [-0.2, 0) is 13.6 Å². The van der Waals surface area contributed by atoms with Crippen LogP contribution in [0.4, 0.5) is 0 Å². The van der Waals surface area contributed by atoms with E-state index in [2.05, 4.69) is 42.4 Å². The van der Waals surface area contributed by atoms with Gasteiger partial charge in [-0.3, -0.25) is 4.68 Å². The van der Waals surface area contributed by atoms with Gasteiger partial charge in [0, 0.05) is 37.9 Å². The summed E-state index contributed by atoms with van der Waals surface area (Å²) in [7, 11) is 4.22. The zero-order valence-corrected chi connectivity index (χ0v) is 14.2. The number of aromatic nitrogens is 2. The minimum Gasteiger partial charge on any atom is -0.314 e. The molecule has 120 valence electrons. The van der Waals surface area contributed by atoms with Crippen molar-refractivity contribution in [1.29, 1.82) is 0 Å². The molecule has 1 aliphatic rings. The van der Waals surface area contributed by atoms with Crippen LogP contribution in [0.1, 0.15) is 45.1 Å². The van der Waals surface area contributed by atoms with Crippen LogP contribution in [0, 0.1) is 11.8 Å². The van der Waals surface area contributed by atoms with E-state index in [-0.39, 0.29) is 0 Å². The van der Waals surface area contributed by atoms with Crippen molar-refractivity contribution in [2.24, 2.45) is 18.9 Å². The highest BCUT2D eigenvalue weighted by Gasteiger charge is 2.28. The standard InChI is InChI=1S/C17H32N4/c1-5-8-18-17-7-6-14(2)9-16(17)13-20(3)11-15-10-19-21(4)12-15/h10,12,14,16-18H,5-9,11,13H2,1-4H3. The quantitative estimate of drug-likeness (QED) is 0.839. The van der Waals surface area contributed by atoms with Gasteiger partial charge in [-0.25, -0.2) is 0 Å². The summed E-state index contributed by atoms with van der Waals surface area (Å²) in [6.07, 6.45) is 9.40. The second kappa shape index (κ2) is 7.95. The van der Waals surface area contributed by atoms with Gasteiger partial charge in [-0.2, -0.15) is 5.10 Å². The summed E-state index contributed by atoms with van der Waals surface area (Å²) in [5.41, 5.74) is 1.31. The molecule has 3 atom stereocenters. The van der Waals surface area contributed by atoms with Crippen molar-refractivity contribution in [3.8, 4) is 0 Å². The predicted octanol–water partition coefficient (Wildman–Crippen LogP) is 2.66. The van der Waals surface area contributed by atoms with Crippen LogP contribution in [0.15, 0.2) is 12.4 Å². The average Bonchev–Trinajstić information content (AvgIpc) is 2.83. The summed E-state index contributed by atoms with van der Waals surface area (Å²) in [5.74, 6) is 1.66. The van der Waals surface area contributed by atoms with E-state index in [1.165, 1.54) is 37.8 Å². The van der Waals surface area contributed by atoms with Crippen molar-refractivity contribution in [1.82, 2.24) is 20.0 Å². The van der Waals surface area contributed by atoms with E-state index in [1.54, 1.807) is 0 Å². The molecule has 3 unspecified atom stereocenters. The van der Waals surface area contributed by atoms with Crippen LogP contribution < -0.4 is 5.32 Å². The number of hydrogen-bond acceptors (Lipinski definition) is 3. The Morgan fingerprint density at radius 2 is 2.24 bits per heavy atom. The maximum Gasteiger partial charge on any atom is 0.0534 e. The highest BCUT2D eigenvalue weighted by Crippen LogP contribution is 2.29. The van der Waals surface area contributed by atoms with Gasteiger partial charge in [0.1, 0.15) is 0 Å². The number of nitrogens with zero attached hydrogens (tertiary/aromatic N) is 3. The van der Waals surface area contributed by atoms with Crippen LogP contribution in [0.25, 0.3) is 0 Å². The lowest BCUT2D eigenvalue weighted by molar-refractivity contribution is 0.157. The lowest BCUT2D eigenvalue weighted by Crippen LogP contribution is -2.45. The lowest BCUT2D eigenvalue weighted by atomic mass is 9.78. The molecule has 4 nitrogen and oxygen atoms in total. The van der Waals surface area contributed by atoms with E-state index in [9.17, 15) is 0 Å². The number of rotatable bonds is 7. The summed E-state index contributed by atoms with van der Waals surface area (Å²) in [4.78, 5) is 2.46. The highest BCUT2D eigenvalue weighted by molar-refractivity contribution is 5.03. The van der Waals surface area contributed by atoms with Crippen molar-refractivity contribution in [2.45, 2.75) is 52.1 Å². The Morgan fingerprint density at radius 3 is 2.90 bits per heavy atom. The van der Waals surface area contributed by atoms with Crippen molar-refractivity contribution < 1.29 is 0 Å². The largest absolute Gasteiger partial charge is 0.314 e. The average molecular weight is 292 g/mol. The van der Waals surface area contributed by atoms with Gasteiger partial charge in [0.25, 0.3) is 0 Å². The molecule has 1 N–H and O–H groups in total. The second-order valence-corrected chi connectivity index (χ2v) is 6.96. The Balaban J connectivity index is 1.87.